The molecule has 0 saturated carbocycles. The molecule has 10 heteroatoms. The van der Waals surface area contributed by atoms with Gasteiger partial charge >= 0.3 is 6.09 Å². The summed E-state index contributed by atoms with van der Waals surface area (Å²) >= 11 is 0. The van der Waals surface area contributed by atoms with Crippen molar-refractivity contribution in [1.82, 2.24) is 19.7 Å². The summed E-state index contributed by atoms with van der Waals surface area (Å²) in [5.74, 6) is -0.000583. The second-order valence-electron chi connectivity index (χ2n) is 9.13. The number of carbonyl (C=O) groups is 1. The Kier molecular flexibility index (Phi) is 7.68. The molecule has 1 fully saturated rings. The lowest BCUT2D eigenvalue weighted by Gasteiger charge is -2.33. The van der Waals surface area contributed by atoms with Crippen molar-refractivity contribution in [3.8, 4) is 0 Å². The highest BCUT2D eigenvalue weighted by molar-refractivity contribution is 7.89. The molecule has 9 nitrogen and oxygen atoms in total. The first-order chi connectivity index (χ1) is 15.5. The number of hydrogen-bond donors (Lipinski definition) is 1. The Morgan fingerprint density at radius 3 is 2.42 bits per heavy atom. The van der Waals surface area contributed by atoms with E-state index in [1.165, 1.54) is 6.33 Å². The summed E-state index contributed by atoms with van der Waals surface area (Å²) in [5, 5.41) is 4.33. The van der Waals surface area contributed by atoms with Gasteiger partial charge in [0, 0.05) is 43.0 Å². The molecular weight excluding hydrogens is 442 g/mol. The Balaban J connectivity index is 1.75. The topological polar surface area (TPSA) is 114 Å². The highest BCUT2D eigenvalue weighted by Crippen LogP contribution is 2.23. The SMILES string of the molecule is Cc1ccc(S(=O)(=O)N/N=C(\Cc2ccncn2)C2CCN(C(=O)OC(C)(C)C)CC2)cc1. The number of carbonyl (C=O) groups excluding carboxylic acids is 1. The van der Waals surface area contributed by atoms with E-state index in [1.807, 2.05) is 27.7 Å². The predicted molar refractivity (Wildman–Crippen MR) is 125 cm³/mol. The molecule has 2 aromatic rings. The Bertz CT molecular complexity index is 1070. The van der Waals surface area contributed by atoms with E-state index in [9.17, 15) is 13.2 Å². The molecule has 1 N–H and O–H groups in total. The number of likely N-dealkylation sites (tertiary alicyclic amines) is 1. The van der Waals surface area contributed by atoms with Crippen molar-refractivity contribution < 1.29 is 17.9 Å². The molecule has 0 unspecified atom stereocenters. The van der Waals surface area contributed by atoms with E-state index in [0.717, 1.165) is 11.3 Å². The van der Waals surface area contributed by atoms with Gasteiger partial charge in [0.1, 0.15) is 11.9 Å². The normalized spacial score (nSPS) is 15.9. The van der Waals surface area contributed by atoms with Crippen molar-refractivity contribution >= 4 is 21.8 Å². The Hall–Kier alpha value is -3.01. The van der Waals surface area contributed by atoms with Gasteiger partial charge < -0.3 is 9.64 Å². The van der Waals surface area contributed by atoms with E-state index in [-0.39, 0.29) is 16.9 Å². The lowest BCUT2D eigenvalue weighted by Crippen LogP contribution is -2.43. The first-order valence-electron chi connectivity index (χ1n) is 10.9. The van der Waals surface area contributed by atoms with Crippen LogP contribution in [0, 0.1) is 12.8 Å². The lowest BCUT2D eigenvalue weighted by molar-refractivity contribution is 0.0201. The molecule has 1 aliphatic heterocycles. The van der Waals surface area contributed by atoms with Crippen molar-refractivity contribution in [2.75, 3.05) is 13.1 Å². The fraction of sp³-hybridized carbons (Fsp3) is 0.478. The summed E-state index contributed by atoms with van der Waals surface area (Å²) < 4.78 is 31.0. The minimum Gasteiger partial charge on any atom is -0.444 e. The maximum Gasteiger partial charge on any atom is 0.410 e. The van der Waals surface area contributed by atoms with Gasteiger partial charge in [0.05, 0.1) is 4.90 Å². The molecule has 0 radical (unpaired) electrons. The number of aryl methyl sites for hydroxylation is 1. The molecule has 1 aromatic carbocycles. The average Bonchev–Trinajstić information content (AvgIpc) is 2.76. The second kappa shape index (κ2) is 10.3. The number of amides is 1. The number of aromatic nitrogens is 2. The average molecular weight is 474 g/mol. The van der Waals surface area contributed by atoms with Crippen LogP contribution in [0.25, 0.3) is 0 Å². The molecule has 1 aromatic heterocycles. The molecule has 2 heterocycles. The number of benzene rings is 1. The van der Waals surface area contributed by atoms with Crippen molar-refractivity contribution in [3.63, 3.8) is 0 Å². The third-order valence-corrected chi connectivity index (χ3v) is 6.49. The number of nitrogens with zero attached hydrogens (tertiary/aromatic N) is 4. The van der Waals surface area contributed by atoms with E-state index in [1.54, 1.807) is 41.4 Å². The maximum atomic E-state index is 12.7. The van der Waals surface area contributed by atoms with Gasteiger partial charge in [0.15, 0.2) is 0 Å². The van der Waals surface area contributed by atoms with Gasteiger partial charge in [-0.25, -0.2) is 19.6 Å². The first kappa shape index (κ1) is 24.6. The van der Waals surface area contributed by atoms with Crippen LogP contribution in [0.5, 0.6) is 0 Å². The van der Waals surface area contributed by atoms with E-state index >= 15 is 0 Å². The minimum atomic E-state index is -3.80. The third kappa shape index (κ3) is 7.24. The van der Waals surface area contributed by atoms with E-state index in [2.05, 4.69) is 19.9 Å². The van der Waals surface area contributed by atoms with Crippen molar-refractivity contribution in [3.05, 3.63) is 54.1 Å². The van der Waals surface area contributed by atoms with Crippen LogP contribution in [0.2, 0.25) is 0 Å². The number of piperidine rings is 1. The summed E-state index contributed by atoms with van der Waals surface area (Å²) in [6, 6.07) is 8.37. The Labute approximate surface area is 195 Å². The second-order valence-corrected chi connectivity index (χ2v) is 10.8. The van der Waals surface area contributed by atoms with Gasteiger partial charge in [0.25, 0.3) is 10.0 Å². The molecule has 0 spiro atoms. The van der Waals surface area contributed by atoms with Crippen LogP contribution in [0.1, 0.15) is 44.9 Å². The van der Waals surface area contributed by atoms with Crippen LogP contribution in [0.15, 0.2) is 52.9 Å². The van der Waals surface area contributed by atoms with Crippen molar-refractivity contribution in [1.29, 1.82) is 0 Å². The number of nitrogens with one attached hydrogen (secondary N) is 1. The molecular formula is C23H31N5O4S. The molecule has 0 bridgehead atoms. The molecule has 0 atom stereocenters. The van der Waals surface area contributed by atoms with Gasteiger partial charge in [-0.3, -0.25) is 0 Å². The maximum absolute atomic E-state index is 12.7. The molecule has 1 amide bonds. The van der Waals surface area contributed by atoms with Gasteiger partial charge in [-0.05, 0) is 58.7 Å². The van der Waals surface area contributed by atoms with Crippen LogP contribution in [0.3, 0.4) is 0 Å². The van der Waals surface area contributed by atoms with Crippen molar-refractivity contribution in [2.24, 2.45) is 11.0 Å². The highest BCUT2D eigenvalue weighted by atomic mass is 32.2. The fourth-order valence-electron chi connectivity index (χ4n) is 3.49. The smallest absolute Gasteiger partial charge is 0.410 e. The number of sulfonamides is 1. The molecule has 33 heavy (non-hydrogen) atoms. The van der Waals surface area contributed by atoms with E-state index < -0.39 is 15.6 Å². The Morgan fingerprint density at radius 2 is 1.85 bits per heavy atom. The van der Waals surface area contributed by atoms with Crippen molar-refractivity contribution in [2.45, 2.75) is 57.5 Å². The quantitative estimate of drug-likeness (QED) is 0.509. The van der Waals surface area contributed by atoms with Crippen LogP contribution < -0.4 is 4.83 Å². The third-order valence-electron chi connectivity index (χ3n) is 5.26. The first-order valence-corrected chi connectivity index (χ1v) is 12.4. The monoisotopic (exact) mass is 473 g/mol. The van der Waals surface area contributed by atoms with Crippen LogP contribution in [-0.2, 0) is 21.2 Å². The van der Waals surface area contributed by atoms with Gasteiger partial charge in [-0.15, -0.1) is 0 Å². The highest BCUT2D eigenvalue weighted by Gasteiger charge is 2.29. The lowest BCUT2D eigenvalue weighted by atomic mass is 9.89. The number of hydrazone groups is 1. The number of rotatable bonds is 6. The summed E-state index contributed by atoms with van der Waals surface area (Å²) in [4.78, 5) is 24.8. The summed E-state index contributed by atoms with van der Waals surface area (Å²) in [6.45, 7) is 8.42. The van der Waals surface area contributed by atoms with Gasteiger partial charge in [0.2, 0.25) is 0 Å². The summed E-state index contributed by atoms with van der Waals surface area (Å²) in [7, 11) is -3.80. The minimum absolute atomic E-state index is 0.000583. The zero-order chi connectivity index (χ0) is 24.1. The largest absolute Gasteiger partial charge is 0.444 e. The molecule has 0 aliphatic carbocycles. The summed E-state index contributed by atoms with van der Waals surface area (Å²) in [6.07, 6.45) is 4.44. The molecule has 178 valence electrons. The summed E-state index contributed by atoms with van der Waals surface area (Å²) in [5.41, 5.74) is 1.83. The van der Waals surface area contributed by atoms with Crippen LogP contribution in [0.4, 0.5) is 4.79 Å². The van der Waals surface area contributed by atoms with Gasteiger partial charge in [-0.1, -0.05) is 17.7 Å². The van der Waals surface area contributed by atoms with Gasteiger partial charge in [-0.2, -0.15) is 13.5 Å². The Morgan fingerprint density at radius 1 is 1.18 bits per heavy atom. The predicted octanol–water partition coefficient (Wildman–Crippen LogP) is 3.31. The van der Waals surface area contributed by atoms with Crippen LogP contribution >= 0.6 is 0 Å². The number of hydrogen-bond acceptors (Lipinski definition) is 7. The molecule has 1 saturated heterocycles. The standard InChI is InChI=1S/C23H31N5O4S/c1-17-5-7-20(8-6-17)33(30,31)27-26-21(15-19-9-12-24-16-25-19)18-10-13-28(14-11-18)22(29)32-23(2,3)4/h5-9,12,16,18,27H,10-11,13-15H2,1-4H3/b26-21+. The number of ether oxygens (including phenoxy) is 1. The molecule has 1 aliphatic rings. The van der Waals surface area contributed by atoms with E-state index in [0.29, 0.717) is 38.1 Å². The zero-order valence-electron chi connectivity index (χ0n) is 19.5. The molecule has 3 rings (SSSR count). The zero-order valence-corrected chi connectivity index (χ0v) is 20.3. The van der Waals surface area contributed by atoms with Crippen LogP contribution in [-0.4, -0.2) is 53.8 Å². The van der Waals surface area contributed by atoms with E-state index in [4.69, 9.17) is 4.74 Å². The fourth-order valence-corrected chi connectivity index (χ4v) is 4.33.